The molecule has 1 atom stereocenters. The third kappa shape index (κ3) is 10.4. The lowest BCUT2D eigenvalue weighted by atomic mass is 10.0. The molecule has 164 valence electrons. The molecule has 1 N–H and O–H groups in total. The lowest BCUT2D eigenvalue weighted by Gasteiger charge is -2.13. The van der Waals surface area contributed by atoms with E-state index in [0.29, 0.717) is 17.5 Å². The van der Waals surface area contributed by atoms with Crippen LogP contribution in [0.1, 0.15) is 50.7 Å². The average Bonchev–Trinajstić information content (AvgIpc) is 2.76. The van der Waals surface area contributed by atoms with Crippen molar-refractivity contribution < 1.29 is 19.4 Å². The van der Waals surface area contributed by atoms with Crippen LogP contribution in [0.2, 0.25) is 5.02 Å². The number of aryl methyl sites for hydroxylation is 1. The Morgan fingerprint density at radius 3 is 2.40 bits per heavy atom. The van der Waals surface area contributed by atoms with E-state index in [1.807, 2.05) is 31.2 Å². The maximum absolute atomic E-state index is 11.7. The Labute approximate surface area is 185 Å². The first-order valence-corrected chi connectivity index (χ1v) is 10.7. The molecular weight excluding hydrogens is 400 g/mol. The van der Waals surface area contributed by atoms with Crippen molar-refractivity contribution in [2.75, 3.05) is 13.7 Å². The minimum atomic E-state index is -0.277. The molecule has 2 aromatic carbocycles. The molecule has 0 aliphatic carbocycles. The topological polar surface area (TPSA) is 55.8 Å². The van der Waals surface area contributed by atoms with Crippen molar-refractivity contribution in [3.05, 3.63) is 64.7 Å². The van der Waals surface area contributed by atoms with Crippen molar-refractivity contribution in [3.8, 4) is 11.5 Å². The Kier molecular flexibility index (Phi) is 12.4. The van der Waals surface area contributed by atoms with Gasteiger partial charge in [-0.2, -0.15) is 0 Å². The number of ether oxygens (including phenoxy) is 2. The van der Waals surface area contributed by atoms with Gasteiger partial charge in [-0.25, -0.2) is 4.79 Å². The highest BCUT2D eigenvalue weighted by molar-refractivity contribution is 6.31. The number of halogens is 1. The van der Waals surface area contributed by atoms with E-state index in [-0.39, 0.29) is 11.7 Å². The van der Waals surface area contributed by atoms with E-state index in [4.69, 9.17) is 26.2 Å². The number of unbranched alkanes of at least 4 members (excludes halogenated alkanes) is 1. The highest BCUT2D eigenvalue weighted by Crippen LogP contribution is 2.19. The van der Waals surface area contributed by atoms with E-state index >= 15 is 0 Å². The van der Waals surface area contributed by atoms with Gasteiger partial charge in [0, 0.05) is 11.1 Å². The highest BCUT2D eigenvalue weighted by atomic mass is 35.5. The van der Waals surface area contributed by atoms with Crippen LogP contribution in [0, 0.1) is 12.8 Å². The summed E-state index contributed by atoms with van der Waals surface area (Å²) in [6.07, 6.45) is 7.79. The number of methoxy groups -OCH3 is 1. The zero-order valence-corrected chi connectivity index (χ0v) is 19.1. The van der Waals surface area contributed by atoms with Crippen molar-refractivity contribution in [1.82, 2.24) is 0 Å². The number of esters is 1. The summed E-state index contributed by atoms with van der Waals surface area (Å²) in [5.74, 6) is 1.26. The predicted octanol–water partition coefficient (Wildman–Crippen LogP) is 6.82. The fourth-order valence-corrected chi connectivity index (χ4v) is 2.77. The van der Waals surface area contributed by atoms with Crippen LogP contribution in [0.5, 0.6) is 11.5 Å². The first-order chi connectivity index (χ1) is 14.4. The smallest absolute Gasteiger partial charge is 0.330 e. The number of aromatic hydroxyl groups is 1. The predicted molar refractivity (Wildman–Crippen MR) is 124 cm³/mol. The third-order valence-corrected chi connectivity index (χ3v) is 5.10. The van der Waals surface area contributed by atoms with Gasteiger partial charge in [-0.15, -0.1) is 0 Å². The van der Waals surface area contributed by atoms with Crippen molar-refractivity contribution in [2.24, 2.45) is 5.92 Å². The van der Waals surface area contributed by atoms with E-state index < -0.39 is 0 Å². The Bertz CT molecular complexity index is 784. The Hall–Kier alpha value is -2.46. The summed E-state index contributed by atoms with van der Waals surface area (Å²) in [4.78, 5) is 11.7. The van der Waals surface area contributed by atoms with E-state index in [9.17, 15) is 4.79 Å². The van der Waals surface area contributed by atoms with Crippen LogP contribution in [-0.2, 0) is 9.53 Å². The number of carbonyl (C=O) groups excluding carboxylic acids is 1. The quantitative estimate of drug-likeness (QED) is 0.348. The molecule has 4 nitrogen and oxygen atoms in total. The largest absolute Gasteiger partial charge is 0.508 e. The van der Waals surface area contributed by atoms with Gasteiger partial charge in [-0.05, 0) is 66.8 Å². The molecule has 5 heteroatoms. The fourth-order valence-electron chi connectivity index (χ4n) is 2.65. The standard InChI is InChI=1S/C18H26O3.C7H7ClO/c1-4-6-7-15(5-2)14-21-18(19)13-10-16-8-11-17(20-3)12-9-16;1-5-4-6(9)2-3-7(5)8/h8-13,15H,4-7,14H2,1-3H3;2-4,9H,1H3/b13-10+;. The summed E-state index contributed by atoms with van der Waals surface area (Å²) >= 11 is 5.67. The zero-order valence-electron chi connectivity index (χ0n) is 18.4. The van der Waals surface area contributed by atoms with Gasteiger partial charge in [-0.3, -0.25) is 0 Å². The lowest BCUT2D eigenvalue weighted by molar-refractivity contribution is -0.139. The van der Waals surface area contributed by atoms with Gasteiger partial charge < -0.3 is 14.6 Å². The number of hydrogen-bond donors (Lipinski definition) is 1. The number of rotatable bonds is 9. The van der Waals surface area contributed by atoms with Crippen LogP contribution in [0.15, 0.2) is 48.5 Å². The minimum Gasteiger partial charge on any atom is -0.508 e. The Morgan fingerprint density at radius 1 is 1.17 bits per heavy atom. The second-order valence-electron chi connectivity index (χ2n) is 7.09. The van der Waals surface area contributed by atoms with Crippen molar-refractivity contribution >= 4 is 23.6 Å². The summed E-state index contributed by atoms with van der Waals surface area (Å²) in [6.45, 7) is 6.68. The maximum atomic E-state index is 11.7. The molecule has 30 heavy (non-hydrogen) atoms. The fraction of sp³-hybridized carbons (Fsp3) is 0.400. The SMILES string of the molecule is CCCCC(CC)COC(=O)/C=C/c1ccc(OC)cc1.Cc1cc(O)ccc1Cl. The number of carbonyl (C=O) groups is 1. The van der Waals surface area contributed by atoms with E-state index in [1.54, 1.807) is 31.4 Å². The van der Waals surface area contributed by atoms with Gasteiger partial charge >= 0.3 is 5.97 Å². The molecule has 0 saturated heterocycles. The molecule has 2 aromatic rings. The molecule has 0 aliphatic heterocycles. The first kappa shape index (κ1) is 25.6. The molecule has 2 rings (SSSR count). The van der Waals surface area contributed by atoms with Gasteiger partial charge in [0.2, 0.25) is 0 Å². The number of phenolic OH excluding ortho intramolecular Hbond substituents is 1. The normalized spacial score (nSPS) is 11.5. The molecule has 0 spiro atoms. The van der Waals surface area contributed by atoms with Crippen LogP contribution >= 0.6 is 11.6 Å². The zero-order chi connectivity index (χ0) is 22.4. The van der Waals surface area contributed by atoms with Gasteiger partial charge in [0.25, 0.3) is 0 Å². The molecule has 0 radical (unpaired) electrons. The van der Waals surface area contributed by atoms with E-state index in [2.05, 4.69) is 13.8 Å². The van der Waals surface area contributed by atoms with Crippen LogP contribution in [-0.4, -0.2) is 24.8 Å². The van der Waals surface area contributed by atoms with Crippen LogP contribution < -0.4 is 4.74 Å². The lowest BCUT2D eigenvalue weighted by Crippen LogP contribution is -2.12. The van der Waals surface area contributed by atoms with Crippen molar-refractivity contribution in [1.29, 1.82) is 0 Å². The van der Waals surface area contributed by atoms with Gasteiger partial charge in [0.15, 0.2) is 0 Å². The number of hydrogen-bond acceptors (Lipinski definition) is 4. The molecule has 0 fully saturated rings. The molecule has 0 amide bonds. The van der Waals surface area contributed by atoms with E-state index in [1.165, 1.54) is 18.9 Å². The van der Waals surface area contributed by atoms with Crippen molar-refractivity contribution in [2.45, 2.75) is 46.5 Å². The molecule has 0 heterocycles. The van der Waals surface area contributed by atoms with Gasteiger partial charge in [0.05, 0.1) is 13.7 Å². The molecular formula is C25H33ClO4. The number of phenols is 1. The number of benzene rings is 2. The van der Waals surface area contributed by atoms with Crippen LogP contribution in [0.4, 0.5) is 0 Å². The summed E-state index contributed by atoms with van der Waals surface area (Å²) in [5.41, 5.74) is 1.85. The van der Waals surface area contributed by atoms with Crippen molar-refractivity contribution in [3.63, 3.8) is 0 Å². The third-order valence-electron chi connectivity index (χ3n) is 4.67. The molecule has 1 unspecified atom stereocenters. The van der Waals surface area contributed by atoms with E-state index in [0.717, 1.165) is 29.7 Å². The molecule has 0 bridgehead atoms. The molecule has 0 aromatic heterocycles. The monoisotopic (exact) mass is 432 g/mol. The molecule has 0 saturated carbocycles. The maximum Gasteiger partial charge on any atom is 0.330 e. The summed E-state index contributed by atoms with van der Waals surface area (Å²) in [7, 11) is 1.63. The summed E-state index contributed by atoms with van der Waals surface area (Å²) < 4.78 is 10.4. The first-order valence-electron chi connectivity index (χ1n) is 10.3. The second kappa shape index (κ2) is 14.5. The molecule has 0 aliphatic rings. The summed E-state index contributed by atoms with van der Waals surface area (Å²) in [6, 6.07) is 12.4. The van der Waals surface area contributed by atoms with Gasteiger partial charge in [-0.1, -0.05) is 56.8 Å². The van der Waals surface area contributed by atoms with Gasteiger partial charge in [0.1, 0.15) is 11.5 Å². The second-order valence-corrected chi connectivity index (χ2v) is 7.49. The van der Waals surface area contributed by atoms with Crippen LogP contribution in [0.25, 0.3) is 6.08 Å². The summed E-state index contributed by atoms with van der Waals surface area (Å²) in [5, 5.41) is 9.57. The highest BCUT2D eigenvalue weighted by Gasteiger charge is 2.08. The van der Waals surface area contributed by atoms with Crippen LogP contribution in [0.3, 0.4) is 0 Å². The Morgan fingerprint density at radius 2 is 1.87 bits per heavy atom. The average molecular weight is 433 g/mol. The Balaban J connectivity index is 0.000000414. The minimum absolute atomic E-state index is 0.261.